The van der Waals surface area contributed by atoms with Gasteiger partial charge in [0.15, 0.2) is 0 Å². The second-order valence-corrected chi connectivity index (χ2v) is 6.71. The van der Waals surface area contributed by atoms with Gasteiger partial charge in [0, 0.05) is 16.9 Å². The van der Waals surface area contributed by atoms with Gasteiger partial charge in [0.2, 0.25) is 10.0 Å². The number of nitrogens with one attached hydrogen (secondary N) is 2. The molecule has 2 rings (SSSR count). The Balaban J connectivity index is 2.33. The lowest BCUT2D eigenvalue weighted by atomic mass is 10.3. The van der Waals surface area contributed by atoms with E-state index >= 15 is 0 Å². The van der Waals surface area contributed by atoms with Crippen LogP contribution >= 0.6 is 15.9 Å². The molecule has 0 aliphatic heterocycles. The molecule has 1 aromatic carbocycles. The highest BCUT2D eigenvalue weighted by atomic mass is 79.9. The monoisotopic (exact) mass is 359 g/mol. The quantitative estimate of drug-likeness (QED) is 0.857. The van der Waals surface area contributed by atoms with Gasteiger partial charge in [-0.2, -0.15) is 0 Å². The van der Waals surface area contributed by atoms with Crippen molar-refractivity contribution in [3.8, 4) is 5.75 Å². The van der Waals surface area contributed by atoms with Gasteiger partial charge >= 0.3 is 0 Å². The molecule has 108 valence electrons. The highest BCUT2D eigenvalue weighted by Crippen LogP contribution is 2.28. The van der Waals surface area contributed by atoms with Crippen LogP contribution in [-0.4, -0.2) is 25.5 Å². The number of methoxy groups -OCH3 is 1. The molecule has 0 spiro atoms. The molecule has 1 unspecified atom stereocenters. The fraction of sp³-hybridized carbons (Fsp3) is 0.250. The molecule has 1 aromatic heterocycles. The number of benzene rings is 1. The van der Waals surface area contributed by atoms with E-state index in [9.17, 15) is 8.42 Å². The standard InChI is InChI=1S/C12H14BrN3O3S/c1-8(12-14-5-6-15-12)16-20(17,18)11-7-9(13)3-4-10(11)19-2/h3-8,16H,1-2H3,(H,14,15). The Hall–Kier alpha value is -1.38. The summed E-state index contributed by atoms with van der Waals surface area (Å²) in [6.07, 6.45) is 3.21. The molecule has 0 aliphatic carbocycles. The van der Waals surface area contributed by atoms with E-state index < -0.39 is 16.1 Å². The summed E-state index contributed by atoms with van der Waals surface area (Å²) in [7, 11) is -2.29. The van der Waals surface area contributed by atoms with Crippen LogP contribution in [0.3, 0.4) is 0 Å². The molecule has 0 fully saturated rings. The van der Waals surface area contributed by atoms with Gasteiger partial charge in [0.25, 0.3) is 0 Å². The molecule has 0 saturated heterocycles. The number of hydrogen-bond donors (Lipinski definition) is 2. The molecule has 1 heterocycles. The van der Waals surface area contributed by atoms with Crippen molar-refractivity contribution in [1.82, 2.24) is 14.7 Å². The number of rotatable bonds is 5. The molecule has 0 bridgehead atoms. The number of aromatic amines is 1. The minimum atomic E-state index is -3.72. The molecule has 0 radical (unpaired) electrons. The highest BCUT2D eigenvalue weighted by molar-refractivity contribution is 9.10. The normalized spacial score (nSPS) is 13.2. The maximum atomic E-state index is 12.4. The fourth-order valence-electron chi connectivity index (χ4n) is 1.73. The third-order valence-electron chi connectivity index (χ3n) is 2.68. The highest BCUT2D eigenvalue weighted by Gasteiger charge is 2.23. The van der Waals surface area contributed by atoms with Gasteiger partial charge in [-0.15, -0.1) is 0 Å². The van der Waals surface area contributed by atoms with Crippen molar-refractivity contribution in [2.24, 2.45) is 0 Å². The molecule has 20 heavy (non-hydrogen) atoms. The zero-order valence-corrected chi connectivity index (χ0v) is 13.3. The predicted octanol–water partition coefficient (Wildman–Crippen LogP) is 2.22. The minimum absolute atomic E-state index is 0.0766. The number of halogens is 1. The third-order valence-corrected chi connectivity index (χ3v) is 4.73. The molecular weight excluding hydrogens is 346 g/mol. The summed E-state index contributed by atoms with van der Waals surface area (Å²) in [6.45, 7) is 1.71. The van der Waals surface area contributed by atoms with Gasteiger partial charge in [-0.1, -0.05) is 15.9 Å². The summed E-state index contributed by atoms with van der Waals surface area (Å²) >= 11 is 3.26. The average molecular weight is 360 g/mol. The first-order chi connectivity index (χ1) is 9.44. The number of hydrogen-bond acceptors (Lipinski definition) is 4. The lowest BCUT2D eigenvalue weighted by Crippen LogP contribution is -2.28. The summed E-state index contributed by atoms with van der Waals surface area (Å²) in [5, 5.41) is 0. The van der Waals surface area contributed by atoms with E-state index in [2.05, 4.69) is 30.6 Å². The number of H-pyrrole nitrogens is 1. The molecule has 0 saturated carbocycles. The van der Waals surface area contributed by atoms with E-state index in [-0.39, 0.29) is 10.6 Å². The molecule has 1 atom stereocenters. The van der Waals surface area contributed by atoms with Gasteiger partial charge in [0.1, 0.15) is 16.5 Å². The number of aromatic nitrogens is 2. The van der Waals surface area contributed by atoms with Crippen LogP contribution in [0.4, 0.5) is 0 Å². The van der Waals surface area contributed by atoms with Crippen molar-refractivity contribution in [3.63, 3.8) is 0 Å². The summed E-state index contributed by atoms with van der Waals surface area (Å²) in [6, 6.07) is 4.33. The Bertz CT molecular complexity index is 686. The maximum absolute atomic E-state index is 12.4. The molecule has 8 heteroatoms. The van der Waals surface area contributed by atoms with Gasteiger partial charge in [-0.25, -0.2) is 18.1 Å². The van der Waals surface area contributed by atoms with E-state index in [1.165, 1.54) is 13.2 Å². The van der Waals surface area contributed by atoms with Crippen LogP contribution in [0.5, 0.6) is 5.75 Å². The lowest BCUT2D eigenvalue weighted by molar-refractivity contribution is 0.402. The summed E-state index contributed by atoms with van der Waals surface area (Å²) in [4.78, 5) is 6.98. The first-order valence-corrected chi connectivity index (χ1v) is 8.07. The second-order valence-electron chi connectivity index (χ2n) is 4.11. The Labute approximate surface area is 125 Å². The molecule has 6 nitrogen and oxygen atoms in total. The number of sulfonamides is 1. The molecule has 2 aromatic rings. The number of nitrogens with zero attached hydrogens (tertiary/aromatic N) is 1. The van der Waals surface area contributed by atoms with E-state index in [1.54, 1.807) is 31.5 Å². The van der Waals surface area contributed by atoms with Gasteiger partial charge < -0.3 is 9.72 Å². The zero-order chi connectivity index (χ0) is 14.8. The predicted molar refractivity (Wildman–Crippen MR) is 78.0 cm³/mol. The van der Waals surface area contributed by atoms with Crippen molar-refractivity contribution in [2.45, 2.75) is 17.9 Å². The maximum Gasteiger partial charge on any atom is 0.244 e. The summed E-state index contributed by atoms with van der Waals surface area (Å²) < 4.78 is 33.1. The fourth-order valence-corrected chi connectivity index (χ4v) is 3.64. The summed E-state index contributed by atoms with van der Waals surface area (Å²) in [5.41, 5.74) is 0. The Kier molecular flexibility index (Phi) is 4.46. The summed E-state index contributed by atoms with van der Waals surface area (Å²) in [5.74, 6) is 0.829. The van der Waals surface area contributed by atoms with Crippen LogP contribution in [0, 0.1) is 0 Å². The number of imidazole rings is 1. The van der Waals surface area contributed by atoms with E-state index in [1.807, 2.05) is 0 Å². The smallest absolute Gasteiger partial charge is 0.244 e. The Morgan fingerprint density at radius 2 is 2.20 bits per heavy atom. The van der Waals surface area contributed by atoms with Crippen molar-refractivity contribution in [2.75, 3.05) is 7.11 Å². The molecule has 2 N–H and O–H groups in total. The van der Waals surface area contributed by atoms with Crippen LogP contribution in [0.1, 0.15) is 18.8 Å². The zero-order valence-electron chi connectivity index (χ0n) is 10.9. The van der Waals surface area contributed by atoms with E-state index in [0.29, 0.717) is 10.3 Å². The molecular formula is C12H14BrN3O3S. The van der Waals surface area contributed by atoms with Crippen LogP contribution in [0.15, 0.2) is 40.0 Å². The van der Waals surface area contributed by atoms with E-state index in [4.69, 9.17) is 4.74 Å². The van der Waals surface area contributed by atoms with Crippen LogP contribution in [0.25, 0.3) is 0 Å². The third kappa shape index (κ3) is 3.20. The van der Waals surface area contributed by atoms with Gasteiger partial charge in [-0.05, 0) is 25.1 Å². The Morgan fingerprint density at radius 3 is 2.80 bits per heavy atom. The minimum Gasteiger partial charge on any atom is -0.495 e. The largest absolute Gasteiger partial charge is 0.495 e. The first kappa shape index (κ1) is 15.0. The van der Waals surface area contributed by atoms with E-state index in [0.717, 1.165) is 0 Å². The average Bonchev–Trinajstić information content (AvgIpc) is 2.92. The number of ether oxygens (including phenoxy) is 1. The lowest BCUT2D eigenvalue weighted by Gasteiger charge is -2.14. The second kappa shape index (κ2) is 5.94. The van der Waals surface area contributed by atoms with Gasteiger partial charge in [0.05, 0.1) is 13.2 Å². The van der Waals surface area contributed by atoms with Crippen LogP contribution < -0.4 is 9.46 Å². The van der Waals surface area contributed by atoms with Crippen molar-refractivity contribution in [3.05, 3.63) is 40.9 Å². The van der Waals surface area contributed by atoms with Crippen molar-refractivity contribution < 1.29 is 13.2 Å². The van der Waals surface area contributed by atoms with Crippen LogP contribution in [0.2, 0.25) is 0 Å². The van der Waals surface area contributed by atoms with Crippen molar-refractivity contribution >= 4 is 26.0 Å². The van der Waals surface area contributed by atoms with Crippen LogP contribution in [-0.2, 0) is 10.0 Å². The van der Waals surface area contributed by atoms with Gasteiger partial charge in [-0.3, -0.25) is 0 Å². The topological polar surface area (TPSA) is 84.1 Å². The van der Waals surface area contributed by atoms with Crippen molar-refractivity contribution in [1.29, 1.82) is 0 Å². The SMILES string of the molecule is COc1ccc(Br)cc1S(=O)(=O)NC(C)c1ncc[nH]1. The first-order valence-electron chi connectivity index (χ1n) is 5.79. The Morgan fingerprint density at radius 1 is 1.45 bits per heavy atom. The molecule has 0 aliphatic rings. The molecule has 0 amide bonds.